The second-order valence-electron chi connectivity index (χ2n) is 5.52. The maximum atomic E-state index is 12.8. The minimum absolute atomic E-state index is 0.0369. The Morgan fingerprint density at radius 3 is 1.92 bits per heavy atom. The first kappa shape index (κ1) is 19.6. The van der Waals surface area contributed by atoms with Gasteiger partial charge in [0.2, 0.25) is 0 Å². The van der Waals surface area contributed by atoms with E-state index in [0.29, 0.717) is 24.2 Å². The summed E-state index contributed by atoms with van der Waals surface area (Å²) in [5.41, 5.74) is 3.19. The quantitative estimate of drug-likeness (QED) is 0.577. The summed E-state index contributed by atoms with van der Waals surface area (Å²) in [6.07, 6.45) is -9.42. The molecule has 0 atom stereocenters. The Morgan fingerprint density at radius 1 is 0.962 bits per heavy atom. The second kappa shape index (κ2) is 6.89. The number of halogens is 6. The minimum Gasteiger partial charge on any atom is -0.398 e. The number of carbonyl (C=O) groups excluding carboxylic acids is 1. The summed E-state index contributed by atoms with van der Waals surface area (Å²) in [4.78, 5) is 12.2. The fourth-order valence-corrected chi connectivity index (χ4v) is 2.28. The van der Waals surface area contributed by atoms with Crippen LogP contribution in [0.3, 0.4) is 0 Å². The van der Waals surface area contributed by atoms with Crippen molar-refractivity contribution >= 4 is 17.3 Å². The molecule has 0 spiro atoms. The lowest BCUT2D eigenvalue weighted by Gasteiger charge is -2.14. The van der Waals surface area contributed by atoms with E-state index in [9.17, 15) is 31.1 Å². The first-order valence-electron chi connectivity index (χ1n) is 7.41. The number of amides is 1. The van der Waals surface area contributed by atoms with Gasteiger partial charge >= 0.3 is 12.4 Å². The van der Waals surface area contributed by atoms with Crippen LogP contribution in [0, 0.1) is 0 Å². The Bertz CT molecular complexity index is 795. The standard InChI is InChI=1S/C17H14F6N2O/c1-2-9-3-4-13(8-14(9)24)25-15(26)10-5-11(16(18,19)20)7-12(6-10)17(21,22)23/h3-8H,2,24H2,1H3,(H,25,26). The van der Waals surface area contributed by atoms with Crippen molar-refractivity contribution in [3.8, 4) is 0 Å². The summed E-state index contributed by atoms with van der Waals surface area (Å²) in [5.74, 6) is -1.11. The highest BCUT2D eigenvalue weighted by Gasteiger charge is 2.37. The summed E-state index contributed by atoms with van der Waals surface area (Å²) in [6.45, 7) is 1.85. The average molecular weight is 376 g/mol. The third kappa shape index (κ3) is 4.47. The van der Waals surface area contributed by atoms with Gasteiger partial charge in [0.05, 0.1) is 11.1 Å². The van der Waals surface area contributed by atoms with Crippen molar-refractivity contribution in [3.63, 3.8) is 0 Å². The largest absolute Gasteiger partial charge is 0.416 e. The Labute approximate surface area is 144 Å². The van der Waals surface area contributed by atoms with Crippen LogP contribution in [0.5, 0.6) is 0 Å². The zero-order valence-corrected chi connectivity index (χ0v) is 13.4. The van der Waals surface area contributed by atoms with Crippen molar-refractivity contribution in [2.45, 2.75) is 25.7 Å². The van der Waals surface area contributed by atoms with Gasteiger partial charge in [-0.15, -0.1) is 0 Å². The van der Waals surface area contributed by atoms with Gasteiger partial charge in [0, 0.05) is 16.9 Å². The highest BCUT2D eigenvalue weighted by atomic mass is 19.4. The van der Waals surface area contributed by atoms with Crippen LogP contribution in [0.15, 0.2) is 36.4 Å². The summed E-state index contributed by atoms with van der Waals surface area (Å²) in [6, 6.07) is 5.16. The predicted octanol–water partition coefficient (Wildman–Crippen LogP) is 5.12. The maximum Gasteiger partial charge on any atom is 0.416 e. The molecule has 0 aliphatic carbocycles. The minimum atomic E-state index is -5.02. The first-order chi connectivity index (χ1) is 11.9. The molecule has 0 aromatic heterocycles. The van der Waals surface area contributed by atoms with Crippen LogP contribution in [-0.2, 0) is 18.8 Å². The number of hydrogen-bond acceptors (Lipinski definition) is 2. The average Bonchev–Trinajstić information content (AvgIpc) is 2.53. The molecule has 0 saturated carbocycles. The second-order valence-corrected chi connectivity index (χ2v) is 5.52. The van der Waals surface area contributed by atoms with E-state index in [4.69, 9.17) is 5.73 Å². The van der Waals surface area contributed by atoms with Gasteiger partial charge in [-0.25, -0.2) is 0 Å². The number of nitrogens with one attached hydrogen (secondary N) is 1. The van der Waals surface area contributed by atoms with E-state index in [1.165, 1.54) is 12.1 Å². The van der Waals surface area contributed by atoms with Gasteiger partial charge in [-0.05, 0) is 42.3 Å². The van der Waals surface area contributed by atoms with Crippen LogP contribution in [-0.4, -0.2) is 5.91 Å². The van der Waals surface area contributed by atoms with E-state index in [1.807, 2.05) is 6.92 Å². The van der Waals surface area contributed by atoms with Crippen LogP contribution in [0.4, 0.5) is 37.7 Å². The number of aryl methyl sites for hydroxylation is 1. The fraction of sp³-hybridized carbons (Fsp3) is 0.235. The van der Waals surface area contributed by atoms with Gasteiger partial charge in [-0.3, -0.25) is 4.79 Å². The molecule has 0 aliphatic heterocycles. The number of anilines is 2. The van der Waals surface area contributed by atoms with Crippen LogP contribution < -0.4 is 11.1 Å². The summed E-state index contributed by atoms with van der Waals surface area (Å²) < 4.78 is 77.1. The molecule has 0 unspecified atom stereocenters. The van der Waals surface area contributed by atoms with Crippen molar-refractivity contribution in [1.29, 1.82) is 0 Å². The molecule has 2 rings (SSSR count). The van der Waals surface area contributed by atoms with Crippen molar-refractivity contribution in [1.82, 2.24) is 0 Å². The third-order valence-electron chi connectivity index (χ3n) is 3.63. The van der Waals surface area contributed by atoms with E-state index >= 15 is 0 Å². The Hall–Kier alpha value is -2.71. The Balaban J connectivity index is 2.40. The van der Waals surface area contributed by atoms with Gasteiger partial charge in [0.15, 0.2) is 0 Å². The van der Waals surface area contributed by atoms with Crippen molar-refractivity contribution in [2.24, 2.45) is 0 Å². The molecule has 2 aromatic rings. The smallest absolute Gasteiger partial charge is 0.398 e. The number of carbonyl (C=O) groups is 1. The number of benzene rings is 2. The SMILES string of the molecule is CCc1ccc(NC(=O)c2cc(C(F)(F)F)cc(C(F)(F)F)c2)cc1N. The molecule has 140 valence electrons. The van der Waals surface area contributed by atoms with E-state index in [1.54, 1.807) is 6.07 Å². The van der Waals surface area contributed by atoms with Crippen LogP contribution in [0.1, 0.15) is 34.0 Å². The zero-order chi connectivity index (χ0) is 19.7. The van der Waals surface area contributed by atoms with Gasteiger partial charge in [0.25, 0.3) is 5.91 Å². The van der Waals surface area contributed by atoms with Gasteiger partial charge in [-0.1, -0.05) is 13.0 Å². The number of alkyl halides is 6. The van der Waals surface area contributed by atoms with E-state index in [-0.39, 0.29) is 11.8 Å². The molecular weight excluding hydrogens is 362 g/mol. The number of hydrogen-bond donors (Lipinski definition) is 2. The Morgan fingerprint density at radius 2 is 1.50 bits per heavy atom. The van der Waals surface area contributed by atoms with E-state index in [2.05, 4.69) is 5.32 Å². The summed E-state index contributed by atoms with van der Waals surface area (Å²) in [7, 11) is 0. The molecule has 0 bridgehead atoms. The molecule has 0 aliphatic rings. The van der Waals surface area contributed by atoms with Crippen LogP contribution >= 0.6 is 0 Å². The maximum absolute atomic E-state index is 12.8. The number of nitrogen functional groups attached to an aromatic ring is 1. The monoisotopic (exact) mass is 376 g/mol. The molecule has 0 saturated heterocycles. The first-order valence-corrected chi connectivity index (χ1v) is 7.41. The summed E-state index contributed by atoms with van der Waals surface area (Å²) in [5, 5.41) is 2.25. The molecule has 0 heterocycles. The fourth-order valence-electron chi connectivity index (χ4n) is 2.28. The molecule has 3 N–H and O–H groups in total. The topological polar surface area (TPSA) is 55.1 Å². The lowest BCUT2D eigenvalue weighted by atomic mass is 10.0. The molecule has 9 heteroatoms. The molecule has 2 aromatic carbocycles. The molecular formula is C17H14F6N2O. The van der Waals surface area contributed by atoms with Crippen LogP contribution in [0.2, 0.25) is 0 Å². The van der Waals surface area contributed by atoms with Crippen molar-refractivity contribution in [3.05, 3.63) is 58.7 Å². The highest BCUT2D eigenvalue weighted by Crippen LogP contribution is 2.36. The van der Waals surface area contributed by atoms with Crippen molar-refractivity contribution in [2.75, 3.05) is 11.1 Å². The Kier molecular flexibility index (Phi) is 5.20. The van der Waals surface area contributed by atoms with Gasteiger partial charge < -0.3 is 11.1 Å². The predicted molar refractivity (Wildman–Crippen MR) is 84.6 cm³/mol. The van der Waals surface area contributed by atoms with Gasteiger partial charge in [-0.2, -0.15) is 26.3 Å². The summed E-state index contributed by atoms with van der Waals surface area (Å²) >= 11 is 0. The zero-order valence-electron chi connectivity index (χ0n) is 13.4. The molecule has 26 heavy (non-hydrogen) atoms. The molecule has 0 fully saturated rings. The highest BCUT2D eigenvalue weighted by molar-refractivity contribution is 6.04. The molecule has 0 radical (unpaired) electrons. The lowest BCUT2D eigenvalue weighted by molar-refractivity contribution is -0.143. The number of rotatable bonds is 3. The molecule has 3 nitrogen and oxygen atoms in total. The lowest BCUT2D eigenvalue weighted by Crippen LogP contribution is -2.17. The van der Waals surface area contributed by atoms with E-state index < -0.39 is 35.0 Å². The normalized spacial score (nSPS) is 12.1. The van der Waals surface area contributed by atoms with Gasteiger partial charge in [0.1, 0.15) is 0 Å². The molecule has 1 amide bonds. The van der Waals surface area contributed by atoms with Crippen LogP contribution in [0.25, 0.3) is 0 Å². The third-order valence-corrected chi connectivity index (χ3v) is 3.63. The van der Waals surface area contributed by atoms with Crippen molar-refractivity contribution < 1.29 is 31.1 Å². The van der Waals surface area contributed by atoms with E-state index in [0.717, 1.165) is 5.56 Å². The number of nitrogens with two attached hydrogens (primary N) is 1.